The molecule has 1 saturated heterocycles. The van der Waals surface area contributed by atoms with E-state index in [0.717, 1.165) is 48.0 Å². The normalized spacial score (nSPS) is 23.1. The Kier molecular flexibility index (Phi) is 4.71. The molecular formula is C12H21N5OS. The summed E-state index contributed by atoms with van der Waals surface area (Å²) >= 11 is 0. The van der Waals surface area contributed by atoms with Crippen molar-refractivity contribution in [3.05, 3.63) is 11.4 Å². The summed E-state index contributed by atoms with van der Waals surface area (Å²) < 4.78 is 11.4. The van der Waals surface area contributed by atoms with E-state index in [1.807, 2.05) is 13.8 Å². The van der Waals surface area contributed by atoms with E-state index in [-0.39, 0.29) is 0 Å². The van der Waals surface area contributed by atoms with Gasteiger partial charge in [0.25, 0.3) is 0 Å². The average molecular weight is 283 g/mol. The zero-order chi connectivity index (χ0) is 13.8. The minimum atomic E-state index is -0.641. The van der Waals surface area contributed by atoms with Gasteiger partial charge in [-0.15, -0.1) is 0 Å². The standard InChI is InChI=1S/C12H21N5OS/c1-3-10-15-11(8(2)12(16-10)17-13)14-9-4-6-19(18)7-5-9/h9H,3-7,13H2,1-2H3,(H2,14,15,16,17). The fourth-order valence-corrected chi connectivity index (χ4v) is 3.43. The molecule has 0 amide bonds. The van der Waals surface area contributed by atoms with Crippen molar-refractivity contribution in [3.8, 4) is 0 Å². The quantitative estimate of drug-likeness (QED) is 0.563. The van der Waals surface area contributed by atoms with Crippen LogP contribution in [0, 0.1) is 6.92 Å². The second-order valence-corrected chi connectivity index (χ2v) is 6.42. The van der Waals surface area contributed by atoms with E-state index in [1.54, 1.807) is 0 Å². The number of nitrogens with zero attached hydrogens (tertiary/aromatic N) is 2. The topological polar surface area (TPSA) is 92.9 Å². The number of hydrazine groups is 1. The van der Waals surface area contributed by atoms with Crippen LogP contribution < -0.4 is 16.6 Å². The molecule has 1 aromatic heterocycles. The Morgan fingerprint density at radius 2 is 1.95 bits per heavy atom. The second kappa shape index (κ2) is 6.29. The predicted molar refractivity (Wildman–Crippen MR) is 78.5 cm³/mol. The summed E-state index contributed by atoms with van der Waals surface area (Å²) in [5.41, 5.74) is 3.54. The fraction of sp³-hybridized carbons (Fsp3) is 0.667. The molecule has 1 aromatic rings. The Hall–Kier alpha value is -1.21. The minimum absolute atomic E-state index is 0.335. The molecule has 0 unspecified atom stereocenters. The van der Waals surface area contributed by atoms with Crippen LogP contribution in [0.4, 0.5) is 11.6 Å². The van der Waals surface area contributed by atoms with Crippen LogP contribution in [0.5, 0.6) is 0 Å². The number of nitrogen functional groups attached to an aromatic ring is 1. The van der Waals surface area contributed by atoms with E-state index in [0.29, 0.717) is 11.9 Å². The largest absolute Gasteiger partial charge is 0.367 e. The van der Waals surface area contributed by atoms with Crippen molar-refractivity contribution in [2.75, 3.05) is 22.2 Å². The molecule has 0 bridgehead atoms. The van der Waals surface area contributed by atoms with Crippen LogP contribution in [0.3, 0.4) is 0 Å². The summed E-state index contributed by atoms with van der Waals surface area (Å²) in [4.78, 5) is 8.86. The van der Waals surface area contributed by atoms with Crippen LogP contribution in [0.1, 0.15) is 31.2 Å². The Morgan fingerprint density at radius 3 is 2.53 bits per heavy atom. The SMILES string of the molecule is CCc1nc(NN)c(C)c(NC2CCS(=O)CC2)n1. The van der Waals surface area contributed by atoms with E-state index in [4.69, 9.17) is 5.84 Å². The Balaban J connectivity index is 2.16. The predicted octanol–water partition coefficient (Wildman–Crippen LogP) is 0.956. The third kappa shape index (κ3) is 3.42. The molecule has 0 aliphatic carbocycles. The van der Waals surface area contributed by atoms with Gasteiger partial charge in [0.15, 0.2) is 0 Å². The van der Waals surface area contributed by atoms with Crippen molar-refractivity contribution in [2.45, 2.75) is 39.2 Å². The first kappa shape index (κ1) is 14.2. The van der Waals surface area contributed by atoms with Gasteiger partial charge in [0.1, 0.15) is 17.5 Å². The molecule has 0 atom stereocenters. The number of aryl methyl sites for hydroxylation is 1. The zero-order valence-electron chi connectivity index (χ0n) is 11.4. The molecule has 2 heterocycles. The van der Waals surface area contributed by atoms with E-state index < -0.39 is 10.8 Å². The highest BCUT2D eigenvalue weighted by Gasteiger charge is 2.19. The zero-order valence-corrected chi connectivity index (χ0v) is 12.2. The summed E-state index contributed by atoms with van der Waals surface area (Å²) in [6.07, 6.45) is 2.60. The van der Waals surface area contributed by atoms with Gasteiger partial charge < -0.3 is 10.7 Å². The summed E-state index contributed by atoms with van der Waals surface area (Å²) in [5, 5.41) is 3.44. The molecular weight excluding hydrogens is 262 g/mol. The highest BCUT2D eigenvalue weighted by atomic mass is 32.2. The van der Waals surface area contributed by atoms with E-state index in [9.17, 15) is 4.21 Å². The highest BCUT2D eigenvalue weighted by molar-refractivity contribution is 7.85. The Labute approximate surface area is 116 Å². The first-order valence-corrected chi connectivity index (χ1v) is 8.08. The third-order valence-corrected chi connectivity index (χ3v) is 4.76. The lowest BCUT2D eigenvalue weighted by Gasteiger charge is -2.24. The molecule has 4 N–H and O–H groups in total. The molecule has 7 heteroatoms. The van der Waals surface area contributed by atoms with E-state index in [2.05, 4.69) is 20.7 Å². The van der Waals surface area contributed by atoms with Gasteiger partial charge in [-0.1, -0.05) is 6.92 Å². The fourth-order valence-electron chi connectivity index (χ4n) is 2.13. The van der Waals surface area contributed by atoms with Crippen LogP contribution in [0.15, 0.2) is 0 Å². The lowest BCUT2D eigenvalue weighted by atomic mass is 10.1. The average Bonchev–Trinajstić information content (AvgIpc) is 2.43. The molecule has 0 spiro atoms. The lowest BCUT2D eigenvalue weighted by Crippen LogP contribution is -2.30. The number of anilines is 2. The number of rotatable bonds is 4. The number of aromatic nitrogens is 2. The Bertz CT molecular complexity index is 469. The maximum Gasteiger partial charge on any atom is 0.148 e. The summed E-state index contributed by atoms with van der Waals surface area (Å²) in [7, 11) is -0.641. The summed E-state index contributed by atoms with van der Waals surface area (Å²) in [5.74, 6) is 9.28. The highest BCUT2D eigenvalue weighted by Crippen LogP contribution is 2.22. The summed E-state index contributed by atoms with van der Waals surface area (Å²) in [6.45, 7) is 3.95. The van der Waals surface area contributed by atoms with Gasteiger partial charge in [-0.25, -0.2) is 15.8 Å². The maximum absolute atomic E-state index is 11.4. The van der Waals surface area contributed by atoms with Gasteiger partial charge in [0.2, 0.25) is 0 Å². The maximum atomic E-state index is 11.4. The molecule has 6 nitrogen and oxygen atoms in total. The van der Waals surface area contributed by atoms with E-state index >= 15 is 0 Å². The first-order chi connectivity index (χ1) is 9.13. The first-order valence-electron chi connectivity index (χ1n) is 6.59. The third-order valence-electron chi connectivity index (χ3n) is 3.37. The number of nitrogens with two attached hydrogens (primary N) is 1. The van der Waals surface area contributed by atoms with Gasteiger partial charge in [0.05, 0.1) is 0 Å². The van der Waals surface area contributed by atoms with Crippen molar-refractivity contribution < 1.29 is 4.21 Å². The molecule has 1 aliphatic heterocycles. The summed E-state index contributed by atoms with van der Waals surface area (Å²) in [6, 6.07) is 0.335. The Morgan fingerprint density at radius 1 is 1.32 bits per heavy atom. The van der Waals surface area contributed by atoms with Crippen LogP contribution in [-0.2, 0) is 17.2 Å². The molecule has 1 aliphatic rings. The minimum Gasteiger partial charge on any atom is -0.367 e. The lowest BCUT2D eigenvalue weighted by molar-refractivity contribution is 0.621. The smallest absolute Gasteiger partial charge is 0.148 e. The van der Waals surface area contributed by atoms with Crippen LogP contribution in [-0.4, -0.2) is 31.7 Å². The monoisotopic (exact) mass is 283 g/mol. The van der Waals surface area contributed by atoms with Crippen LogP contribution >= 0.6 is 0 Å². The molecule has 106 valence electrons. The molecule has 0 aromatic carbocycles. The van der Waals surface area contributed by atoms with Gasteiger partial charge in [-0.05, 0) is 19.8 Å². The van der Waals surface area contributed by atoms with Crippen molar-refractivity contribution in [2.24, 2.45) is 5.84 Å². The van der Waals surface area contributed by atoms with E-state index in [1.165, 1.54) is 0 Å². The molecule has 0 saturated carbocycles. The van der Waals surface area contributed by atoms with Crippen LogP contribution in [0.25, 0.3) is 0 Å². The number of nitrogens with one attached hydrogen (secondary N) is 2. The van der Waals surface area contributed by atoms with Crippen LogP contribution in [0.2, 0.25) is 0 Å². The molecule has 19 heavy (non-hydrogen) atoms. The number of hydrogen-bond acceptors (Lipinski definition) is 6. The van der Waals surface area contributed by atoms with Crippen molar-refractivity contribution in [1.29, 1.82) is 0 Å². The van der Waals surface area contributed by atoms with Gasteiger partial charge in [-0.3, -0.25) is 4.21 Å². The second-order valence-electron chi connectivity index (χ2n) is 4.73. The van der Waals surface area contributed by atoms with Crippen molar-refractivity contribution in [3.63, 3.8) is 0 Å². The molecule has 2 rings (SSSR count). The van der Waals surface area contributed by atoms with Gasteiger partial charge in [-0.2, -0.15) is 0 Å². The van der Waals surface area contributed by atoms with Crippen molar-refractivity contribution >= 4 is 22.4 Å². The van der Waals surface area contributed by atoms with Gasteiger partial charge in [0, 0.05) is 40.3 Å². The van der Waals surface area contributed by atoms with Crippen molar-refractivity contribution in [1.82, 2.24) is 9.97 Å². The molecule has 0 radical (unpaired) electrons. The number of hydrogen-bond donors (Lipinski definition) is 3. The van der Waals surface area contributed by atoms with Gasteiger partial charge >= 0.3 is 0 Å². The molecule has 1 fully saturated rings.